The molecule has 0 bridgehead atoms. The Morgan fingerprint density at radius 3 is 2.77 bits per heavy atom. The van der Waals surface area contributed by atoms with E-state index in [2.05, 4.69) is 36.5 Å². The molecule has 0 radical (unpaired) electrons. The Morgan fingerprint density at radius 1 is 1.31 bits per heavy atom. The molecule has 0 unspecified atom stereocenters. The zero-order valence-electron chi connectivity index (χ0n) is 7.86. The van der Waals surface area contributed by atoms with Crippen LogP contribution in [-0.4, -0.2) is 12.8 Å². The number of hydrogen-bond donors (Lipinski definition) is 1. The average Bonchev–Trinajstić information content (AvgIpc) is 2.19. The molecule has 2 heteroatoms. The van der Waals surface area contributed by atoms with Gasteiger partial charge in [0.15, 0.2) is 0 Å². The molecule has 1 aromatic rings. The summed E-state index contributed by atoms with van der Waals surface area (Å²) in [6.45, 7) is 2.86. The van der Waals surface area contributed by atoms with Crippen molar-refractivity contribution in [3.8, 4) is 0 Å². The third kappa shape index (κ3) is 2.08. The molecule has 1 saturated heterocycles. The average molecular weight is 177 g/mol. The van der Waals surface area contributed by atoms with Crippen molar-refractivity contribution < 1.29 is 4.74 Å². The van der Waals surface area contributed by atoms with E-state index < -0.39 is 0 Å². The molecule has 1 aliphatic rings. The smallest absolute Gasteiger partial charge is 0.0975 e. The van der Waals surface area contributed by atoms with E-state index in [0.29, 0.717) is 12.8 Å². The van der Waals surface area contributed by atoms with Crippen LogP contribution in [-0.2, 0) is 4.74 Å². The number of rotatable bonds is 1. The maximum absolute atomic E-state index is 5.62. The van der Waals surface area contributed by atoms with Gasteiger partial charge in [0.25, 0.3) is 0 Å². The van der Waals surface area contributed by atoms with Crippen LogP contribution in [0.1, 0.15) is 25.0 Å². The van der Waals surface area contributed by atoms with Crippen LogP contribution < -0.4 is 5.32 Å². The van der Waals surface area contributed by atoms with Gasteiger partial charge in [0, 0.05) is 6.04 Å². The van der Waals surface area contributed by atoms with Crippen molar-refractivity contribution in [1.82, 2.24) is 5.32 Å². The van der Waals surface area contributed by atoms with Crippen LogP contribution in [0.25, 0.3) is 0 Å². The van der Waals surface area contributed by atoms with Crippen molar-refractivity contribution in [2.24, 2.45) is 0 Å². The predicted molar refractivity (Wildman–Crippen MR) is 52.3 cm³/mol. The predicted octanol–water partition coefficient (Wildman–Crippen LogP) is 2.08. The zero-order valence-corrected chi connectivity index (χ0v) is 7.86. The summed E-state index contributed by atoms with van der Waals surface area (Å²) in [5, 5.41) is 3.26. The largest absolute Gasteiger partial charge is 0.358 e. The van der Waals surface area contributed by atoms with Crippen LogP contribution in [0.3, 0.4) is 0 Å². The van der Waals surface area contributed by atoms with Gasteiger partial charge in [-0.3, -0.25) is 5.32 Å². The fourth-order valence-corrected chi connectivity index (χ4v) is 1.66. The maximum atomic E-state index is 5.62. The van der Waals surface area contributed by atoms with Crippen molar-refractivity contribution in [3.05, 3.63) is 35.9 Å². The normalized spacial score (nSPS) is 28.7. The molecular weight excluding hydrogens is 162 g/mol. The lowest BCUT2D eigenvalue weighted by Gasteiger charge is -2.28. The fraction of sp³-hybridized carbons (Fsp3) is 0.455. The van der Waals surface area contributed by atoms with Gasteiger partial charge in [-0.2, -0.15) is 0 Å². The lowest BCUT2D eigenvalue weighted by molar-refractivity contribution is -0.0102. The maximum Gasteiger partial charge on any atom is 0.0975 e. The minimum absolute atomic E-state index is 0.275. The van der Waals surface area contributed by atoms with Crippen LogP contribution in [0.2, 0.25) is 0 Å². The Morgan fingerprint density at radius 2 is 2.08 bits per heavy atom. The van der Waals surface area contributed by atoms with E-state index >= 15 is 0 Å². The lowest BCUT2D eigenvalue weighted by Crippen LogP contribution is -2.36. The number of hydrogen-bond acceptors (Lipinski definition) is 2. The minimum atomic E-state index is 0.275. The zero-order chi connectivity index (χ0) is 9.10. The highest BCUT2D eigenvalue weighted by Crippen LogP contribution is 2.24. The molecule has 0 spiro atoms. The quantitative estimate of drug-likeness (QED) is 0.709. The van der Waals surface area contributed by atoms with E-state index in [1.165, 1.54) is 5.56 Å². The van der Waals surface area contributed by atoms with Crippen LogP contribution in [0.15, 0.2) is 30.3 Å². The van der Waals surface area contributed by atoms with Crippen molar-refractivity contribution in [2.75, 3.05) is 6.73 Å². The first-order chi connectivity index (χ1) is 6.36. The summed E-state index contributed by atoms with van der Waals surface area (Å²) in [4.78, 5) is 0. The first kappa shape index (κ1) is 8.73. The van der Waals surface area contributed by atoms with E-state index in [1.54, 1.807) is 0 Å². The van der Waals surface area contributed by atoms with Gasteiger partial charge in [-0.05, 0) is 18.9 Å². The summed E-state index contributed by atoms with van der Waals surface area (Å²) >= 11 is 0. The highest BCUT2D eigenvalue weighted by Gasteiger charge is 2.19. The molecule has 2 atom stereocenters. The van der Waals surface area contributed by atoms with Crippen LogP contribution in [0, 0.1) is 0 Å². The van der Waals surface area contributed by atoms with Gasteiger partial charge in [0.1, 0.15) is 0 Å². The summed E-state index contributed by atoms with van der Waals surface area (Å²) in [5.41, 5.74) is 1.29. The first-order valence-electron chi connectivity index (χ1n) is 4.76. The topological polar surface area (TPSA) is 21.3 Å². The summed E-state index contributed by atoms with van der Waals surface area (Å²) in [6, 6.07) is 11.0. The van der Waals surface area contributed by atoms with Gasteiger partial charge in [-0.25, -0.2) is 0 Å². The SMILES string of the molecule is C[C@H]1C[C@@H](c2ccccc2)OCN1. The molecule has 1 aromatic carbocycles. The molecular formula is C11H15NO. The van der Waals surface area contributed by atoms with Crippen LogP contribution in [0.5, 0.6) is 0 Å². The highest BCUT2D eigenvalue weighted by molar-refractivity contribution is 5.18. The van der Waals surface area contributed by atoms with Crippen LogP contribution in [0.4, 0.5) is 0 Å². The van der Waals surface area contributed by atoms with E-state index in [0.717, 1.165) is 6.42 Å². The third-order valence-corrected chi connectivity index (χ3v) is 2.46. The molecule has 0 aliphatic carbocycles. The molecule has 70 valence electrons. The van der Waals surface area contributed by atoms with Crippen LogP contribution >= 0.6 is 0 Å². The molecule has 0 saturated carbocycles. The summed E-state index contributed by atoms with van der Waals surface area (Å²) in [6.07, 6.45) is 1.33. The molecule has 1 heterocycles. The molecule has 2 nitrogen and oxygen atoms in total. The highest BCUT2D eigenvalue weighted by atomic mass is 16.5. The van der Waals surface area contributed by atoms with E-state index in [1.807, 2.05) is 6.07 Å². The first-order valence-corrected chi connectivity index (χ1v) is 4.76. The Balaban J connectivity index is 2.08. The second-order valence-electron chi connectivity index (χ2n) is 3.55. The molecule has 1 aliphatic heterocycles. The second-order valence-corrected chi connectivity index (χ2v) is 3.55. The van der Waals surface area contributed by atoms with Gasteiger partial charge >= 0.3 is 0 Å². The lowest BCUT2D eigenvalue weighted by atomic mass is 10.0. The summed E-state index contributed by atoms with van der Waals surface area (Å²) in [5.74, 6) is 0. The van der Waals surface area contributed by atoms with Crippen molar-refractivity contribution in [3.63, 3.8) is 0 Å². The van der Waals surface area contributed by atoms with Gasteiger partial charge in [0.05, 0.1) is 12.8 Å². The molecule has 0 aromatic heterocycles. The second kappa shape index (κ2) is 3.90. The monoisotopic (exact) mass is 177 g/mol. The Bertz CT molecular complexity index is 260. The Labute approximate surface area is 78.9 Å². The van der Waals surface area contributed by atoms with Crippen molar-refractivity contribution >= 4 is 0 Å². The minimum Gasteiger partial charge on any atom is -0.358 e. The standard InChI is InChI=1S/C11H15NO/c1-9-7-11(13-8-12-9)10-5-3-2-4-6-10/h2-6,9,11-12H,7-8H2,1H3/t9-,11-/m0/s1. The van der Waals surface area contributed by atoms with Crippen molar-refractivity contribution in [1.29, 1.82) is 0 Å². The summed E-state index contributed by atoms with van der Waals surface area (Å²) in [7, 11) is 0. The number of nitrogens with one attached hydrogen (secondary N) is 1. The van der Waals surface area contributed by atoms with E-state index in [-0.39, 0.29) is 6.10 Å². The molecule has 0 amide bonds. The van der Waals surface area contributed by atoms with Gasteiger partial charge in [-0.1, -0.05) is 30.3 Å². The Hall–Kier alpha value is -0.860. The van der Waals surface area contributed by atoms with Gasteiger partial charge < -0.3 is 4.74 Å². The van der Waals surface area contributed by atoms with Gasteiger partial charge in [0.2, 0.25) is 0 Å². The third-order valence-electron chi connectivity index (χ3n) is 2.46. The Kier molecular flexibility index (Phi) is 2.62. The number of ether oxygens (including phenoxy) is 1. The molecule has 13 heavy (non-hydrogen) atoms. The number of benzene rings is 1. The molecule has 2 rings (SSSR count). The van der Waals surface area contributed by atoms with E-state index in [4.69, 9.17) is 4.74 Å². The molecule has 1 fully saturated rings. The summed E-state index contributed by atoms with van der Waals surface area (Å²) < 4.78 is 5.62. The van der Waals surface area contributed by atoms with Crippen molar-refractivity contribution in [2.45, 2.75) is 25.5 Å². The van der Waals surface area contributed by atoms with E-state index in [9.17, 15) is 0 Å². The molecule has 1 N–H and O–H groups in total. The fourth-order valence-electron chi connectivity index (χ4n) is 1.66. The van der Waals surface area contributed by atoms with Gasteiger partial charge in [-0.15, -0.1) is 0 Å².